The van der Waals surface area contributed by atoms with Crippen molar-refractivity contribution >= 4 is 37.5 Å². The third-order valence-electron chi connectivity index (χ3n) is 2.92. The van der Waals surface area contributed by atoms with E-state index in [9.17, 15) is 17.6 Å². The fraction of sp³-hybridized carbons (Fsp3) is 0.0714. The normalized spacial score (nSPS) is 11.3. The maximum absolute atomic E-state index is 13.7. The Kier molecular flexibility index (Phi) is 4.64. The highest BCUT2D eigenvalue weighted by atomic mass is 79.9. The highest BCUT2D eigenvalue weighted by Crippen LogP contribution is 2.23. The monoisotopic (exact) mass is 386 g/mol. The smallest absolute Gasteiger partial charge is 0.255 e. The van der Waals surface area contributed by atoms with Crippen LogP contribution in [0.3, 0.4) is 0 Å². The maximum Gasteiger partial charge on any atom is 0.255 e. The van der Waals surface area contributed by atoms with E-state index in [1.165, 1.54) is 0 Å². The molecule has 0 saturated carbocycles. The Labute approximate surface area is 135 Å². The van der Waals surface area contributed by atoms with Crippen LogP contribution in [0.4, 0.5) is 10.1 Å². The van der Waals surface area contributed by atoms with Gasteiger partial charge in [-0.1, -0.05) is 22.0 Å². The fourth-order valence-electron chi connectivity index (χ4n) is 1.83. The number of benzene rings is 2. The largest absolute Gasteiger partial charge is 0.322 e. The number of rotatable bonds is 3. The van der Waals surface area contributed by atoms with Crippen LogP contribution in [0.1, 0.15) is 15.9 Å². The summed E-state index contributed by atoms with van der Waals surface area (Å²) in [5.41, 5.74) is 0.930. The number of hydrogen-bond acceptors (Lipinski definition) is 3. The molecule has 0 radical (unpaired) electrons. The van der Waals surface area contributed by atoms with Crippen LogP contribution in [0.5, 0.6) is 0 Å². The van der Waals surface area contributed by atoms with Gasteiger partial charge >= 0.3 is 0 Å². The van der Waals surface area contributed by atoms with Gasteiger partial charge in [-0.15, -0.1) is 0 Å². The van der Waals surface area contributed by atoms with Crippen molar-refractivity contribution in [2.75, 3.05) is 5.32 Å². The minimum absolute atomic E-state index is 0.176. The number of carbonyl (C=O) groups excluding carboxylic acids is 1. The van der Waals surface area contributed by atoms with Crippen LogP contribution < -0.4 is 10.5 Å². The number of sulfonamides is 1. The fourth-order valence-corrected chi connectivity index (χ4v) is 2.84. The summed E-state index contributed by atoms with van der Waals surface area (Å²) in [6, 6.07) is 8.67. The predicted octanol–water partition coefficient (Wildman–Crippen LogP) is 2.80. The molecule has 0 saturated heterocycles. The summed E-state index contributed by atoms with van der Waals surface area (Å²) >= 11 is 3.25. The molecule has 0 aliphatic heterocycles. The van der Waals surface area contributed by atoms with Crippen molar-refractivity contribution in [3.63, 3.8) is 0 Å². The molecule has 3 N–H and O–H groups in total. The highest BCUT2D eigenvalue weighted by molar-refractivity contribution is 9.10. The lowest BCUT2D eigenvalue weighted by molar-refractivity contribution is 0.102. The molecule has 5 nitrogen and oxygen atoms in total. The first-order valence-corrected chi connectivity index (χ1v) is 8.42. The second-order valence-corrected chi connectivity index (χ2v) is 7.05. The van der Waals surface area contributed by atoms with Crippen LogP contribution >= 0.6 is 15.9 Å². The van der Waals surface area contributed by atoms with E-state index in [2.05, 4.69) is 21.2 Å². The Morgan fingerprint density at radius 2 is 1.95 bits per heavy atom. The molecule has 0 unspecified atom stereocenters. The lowest BCUT2D eigenvalue weighted by Gasteiger charge is -2.11. The van der Waals surface area contributed by atoms with Crippen LogP contribution in [-0.2, 0) is 10.0 Å². The number of primary sulfonamides is 1. The summed E-state index contributed by atoms with van der Waals surface area (Å²) in [5.74, 6) is -1.41. The topological polar surface area (TPSA) is 89.3 Å². The van der Waals surface area contributed by atoms with Crippen LogP contribution in [0.15, 0.2) is 45.8 Å². The molecule has 0 aliphatic carbocycles. The van der Waals surface area contributed by atoms with E-state index < -0.39 is 26.6 Å². The third-order valence-corrected chi connectivity index (χ3v) is 4.34. The molecule has 1 amide bonds. The summed E-state index contributed by atoms with van der Waals surface area (Å²) in [4.78, 5) is 11.5. The van der Waals surface area contributed by atoms with Crippen molar-refractivity contribution in [1.82, 2.24) is 0 Å². The average molecular weight is 387 g/mol. The molecule has 0 bridgehead atoms. The summed E-state index contributed by atoms with van der Waals surface area (Å²) in [7, 11) is -4.21. The number of nitrogens with two attached hydrogens (primary N) is 1. The molecule has 0 fully saturated rings. The van der Waals surface area contributed by atoms with Crippen molar-refractivity contribution in [2.45, 2.75) is 11.8 Å². The summed E-state index contributed by atoms with van der Waals surface area (Å²) in [6.07, 6.45) is 0. The number of nitrogens with one attached hydrogen (secondary N) is 1. The van der Waals surface area contributed by atoms with E-state index in [1.807, 2.05) is 0 Å². The SMILES string of the molecule is Cc1cc(F)c(S(N)(=O)=O)cc1NC(=O)c1cccc(Br)c1. The summed E-state index contributed by atoms with van der Waals surface area (Å²) in [5, 5.41) is 7.50. The number of amides is 1. The van der Waals surface area contributed by atoms with Crippen LogP contribution in [0, 0.1) is 12.7 Å². The molecular formula is C14H12BrFN2O3S. The zero-order valence-corrected chi connectivity index (χ0v) is 13.8. The van der Waals surface area contributed by atoms with E-state index in [0.717, 1.165) is 16.6 Å². The Balaban J connectivity index is 2.40. The first-order chi connectivity index (χ1) is 10.2. The second kappa shape index (κ2) is 6.15. The number of carbonyl (C=O) groups is 1. The minimum atomic E-state index is -4.21. The number of hydrogen-bond donors (Lipinski definition) is 2. The van der Waals surface area contributed by atoms with Crippen molar-refractivity contribution in [3.05, 3.63) is 57.8 Å². The standard InChI is InChI=1S/C14H12BrFN2O3S/c1-8-5-11(16)13(22(17,20)21)7-12(8)18-14(19)9-3-2-4-10(15)6-9/h2-7H,1H3,(H,18,19)(H2,17,20,21). The molecule has 0 atom stereocenters. The molecule has 0 aromatic heterocycles. The van der Waals surface area contributed by atoms with Gasteiger partial charge in [-0.25, -0.2) is 17.9 Å². The van der Waals surface area contributed by atoms with Gasteiger partial charge in [0.25, 0.3) is 5.91 Å². The highest BCUT2D eigenvalue weighted by Gasteiger charge is 2.18. The molecule has 116 valence electrons. The van der Waals surface area contributed by atoms with Crippen molar-refractivity contribution in [1.29, 1.82) is 0 Å². The molecule has 0 aliphatic rings. The lowest BCUT2D eigenvalue weighted by atomic mass is 10.1. The molecule has 2 rings (SSSR count). The van der Waals surface area contributed by atoms with E-state index >= 15 is 0 Å². The van der Waals surface area contributed by atoms with Gasteiger partial charge in [0, 0.05) is 15.7 Å². The summed E-state index contributed by atoms with van der Waals surface area (Å²) < 4.78 is 37.1. The van der Waals surface area contributed by atoms with Gasteiger partial charge in [0.1, 0.15) is 10.7 Å². The Hall–Kier alpha value is -1.77. The van der Waals surface area contributed by atoms with Gasteiger partial charge in [0.05, 0.1) is 0 Å². The second-order valence-electron chi connectivity index (χ2n) is 4.61. The third kappa shape index (κ3) is 3.70. The molecule has 0 heterocycles. The van der Waals surface area contributed by atoms with Gasteiger partial charge in [-0.3, -0.25) is 4.79 Å². The van der Waals surface area contributed by atoms with E-state index in [1.54, 1.807) is 31.2 Å². The molecule has 22 heavy (non-hydrogen) atoms. The molecule has 8 heteroatoms. The predicted molar refractivity (Wildman–Crippen MR) is 84.6 cm³/mol. The van der Waals surface area contributed by atoms with Crippen LogP contribution in [-0.4, -0.2) is 14.3 Å². The zero-order valence-electron chi connectivity index (χ0n) is 11.4. The Morgan fingerprint density at radius 1 is 1.27 bits per heavy atom. The quantitative estimate of drug-likeness (QED) is 0.849. The van der Waals surface area contributed by atoms with E-state index in [4.69, 9.17) is 5.14 Å². The van der Waals surface area contributed by atoms with Crippen molar-refractivity contribution in [2.24, 2.45) is 5.14 Å². The van der Waals surface area contributed by atoms with E-state index in [-0.39, 0.29) is 5.69 Å². The first-order valence-electron chi connectivity index (χ1n) is 6.08. The minimum Gasteiger partial charge on any atom is -0.322 e. The zero-order chi connectivity index (χ0) is 16.5. The van der Waals surface area contributed by atoms with Crippen molar-refractivity contribution in [3.8, 4) is 0 Å². The maximum atomic E-state index is 13.7. The molecular weight excluding hydrogens is 375 g/mol. The average Bonchev–Trinajstić information content (AvgIpc) is 2.40. The molecule has 2 aromatic rings. The summed E-state index contributed by atoms with van der Waals surface area (Å²) in [6.45, 7) is 1.55. The Bertz CT molecular complexity index is 853. The molecule has 0 spiro atoms. The number of aryl methyl sites for hydroxylation is 1. The Morgan fingerprint density at radius 3 is 2.55 bits per heavy atom. The van der Waals surface area contributed by atoms with Crippen molar-refractivity contribution < 1.29 is 17.6 Å². The van der Waals surface area contributed by atoms with Gasteiger partial charge in [-0.2, -0.15) is 0 Å². The van der Waals surface area contributed by atoms with Gasteiger partial charge in [0.15, 0.2) is 0 Å². The number of halogens is 2. The van der Waals surface area contributed by atoms with E-state index in [0.29, 0.717) is 11.1 Å². The number of anilines is 1. The van der Waals surface area contributed by atoms with Gasteiger partial charge in [-0.05, 0) is 42.8 Å². The van der Waals surface area contributed by atoms with Crippen LogP contribution in [0.2, 0.25) is 0 Å². The molecule has 2 aromatic carbocycles. The van der Waals surface area contributed by atoms with Gasteiger partial charge in [0.2, 0.25) is 10.0 Å². The lowest BCUT2D eigenvalue weighted by Crippen LogP contribution is -2.17. The van der Waals surface area contributed by atoms with Gasteiger partial charge < -0.3 is 5.32 Å². The van der Waals surface area contributed by atoms with Crippen LogP contribution in [0.25, 0.3) is 0 Å². The first kappa shape index (κ1) is 16.6.